The third-order valence-corrected chi connectivity index (χ3v) is 4.53. The summed E-state index contributed by atoms with van der Waals surface area (Å²) in [5.41, 5.74) is 7.17. The molecule has 0 aromatic heterocycles. The Balaban J connectivity index is 2.47. The van der Waals surface area contributed by atoms with Crippen LogP contribution in [0, 0.1) is 18.3 Å². The van der Waals surface area contributed by atoms with E-state index < -0.39 is 10.0 Å². The smallest absolute Gasteiger partial charge is 0.264 e. The number of rotatable bonds is 3. The third-order valence-electron chi connectivity index (χ3n) is 2.88. The lowest BCUT2D eigenvalue weighted by Gasteiger charge is -2.12. The van der Waals surface area contributed by atoms with Crippen molar-refractivity contribution in [3.63, 3.8) is 0 Å². The number of hydrogen-bond donors (Lipinski definition) is 2. The number of halogens is 1. The van der Waals surface area contributed by atoms with Crippen LogP contribution in [0.15, 0.2) is 41.3 Å². The summed E-state index contributed by atoms with van der Waals surface area (Å²) in [6.07, 6.45) is 0. The minimum atomic E-state index is -3.88. The van der Waals surface area contributed by atoms with Gasteiger partial charge in [0.15, 0.2) is 0 Å². The van der Waals surface area contributed by atoms with Gasteiger partial charge < -0.3 is 5.73 Å². The maximum Gasteiger partial charge on any atom is 0.264 e. The van der Waals surface area contributed by atoms with Crippen molar-refractivity contribution in [1.29, 1.82) is 5.26 Å². The fourth-order valence-corrected chi connectivity index (χ4v) is 3.26. The van der Waals surface area contributed by atoms with Crippen LogP contribution in [0.1, 0.15) is 11.1 Å². The number of hydrogen-bond acceptors (Lipinski definition) is 4. The molecule has 0 saturated heterocycles. The van der Waals surface area contributed by atoms with E-state index in [2.05, 4.69) is 4.72 Å². The molecule has 2 rings (SSSR count). The molecular weight excluding hydrogens is 310 g/mol. The number of nitrogens with zero attached hydrogens (tertiary/aromatic N) is 1. The molecule has 2 aromatic rings. The second-order valence-corrected chi connectivity index (χ2v) is 6.52. The van der Waals surface area contributed by atoms with Gasteiger partial charge in [0.25, 0.3) is 10.0 Å². The first-order valence-electron chi connectivity index (χ1n) is 5.92. The molecule has 0 unspecified atom stereocenters. The van der Waals surface area contributed by atoms with Gasteiger partial charge in [-0.1, -0.05) is 17.7 Å². The van der Waals surface area contributed by atoms with Crippen LogP contribution in [0.25, 0.3) is 0 Å². The number of anilines is 2. The molecule has 7 heteroatoms. The average Bonchev–Trinajstić information content (AvgIpc) is 2.43. The maximum atomic E-state index is 12.4. The van der Waals surface area contributed by atoms with Gasteiger partial charge in [-0.25, -0.2) is 8.42 Å². The predicted octanol–water partition coefficient (Wildman–Crippen LogP) is 2.90. The van der Waals surface area contributed by atoms with E-state index >= 15 is 0 Å². The Labute approximate surface area is 128 Å². The number of nitriles is 1. The summed E-state index contributed by atoms with van der Waals surface area (Å²) in [6.45, 7) is 1.74. The van der Waals surface area contributed by atoms with Crippen molar-refractivity contribution in [2.45, 2.75) is 11.8 Å². The fraction of sp³-hybridized carbons (Fsp3) is 0.0714. The minimum absolute atomic E-state index is 0.0981. The summed E-state index contributed by atoms with van der Waals surface area (Å²) in [4.78, 5) is -0.100. The highest BCUT2D eigenvalue weighted by Gasteiger charge is 2.19. The highest BCUT2D eigenvalue weighted by Crippen LogP contribution is 2.26. The molecule has 0 aliphatic carbocycles. The summed E-state index contributed by atoms with van der Waals surface area (Å²) >= 11 is 5.81. The Morgan fingerprint density at radius 3 is 2.62 bits per heavy atom. The number of nitrogen functional groups attached to an aromatic ring is 1. The van der Waals surface area contributed by atoms with E-state index in [4.69, 9.17) is 22.6 Å². The van der Waals surface area contributed by atoms with Crippen molar-refractivity contribution < 1.29 is 8.42 Å². The SMILES string of the molecule is Cc1ccc(C#N)cc1NS(=O)(=O)c1cc(Cl)ccc1N. The molecule has 0 amide bonds. The van der Waals surface area contributed by atoms with Crippen LogP contribution in [-0.2, 0) is 10.0 Å². The molecular formula is C14H12ClN3O2S. The molecule has 108 valence electrons. The lowest BCUT2D eigenvalue weighted by Crippen LogP contribution is -2.15. The number of benzene rings is 2. The number of aryl methyl sites for hydroxylation is 1. The molecule has 0 aliphatic heterocycles. The zero-order valence-corrected chi connectivity index (χ0v) is 12.7. The van der Waals surface area contributed by atoms with E-state index in [-0.39, 0.29) is 15.6 Å². The maximum absolute atomic E-state index is 12.4. The van der Waals surface area contributed by atoms with Gasteiger partial charge in [0.05, 0.1) is 23.0 Å². The Kier molecular flexibility index (Phi) is 4.07. The van der Waals surface area contributed by atoms with Gasteiger partial charge in [-0.3, -0.25) is 4.72 Å². The van der Waals surface area contributed by atoms with Gasteiger partial charge in [0.1, 0.15) is 4.90 Å². The van der Waals surface area contributed by atoms with Gasteiger partial charge in [-0.2, -0.15) is 5.26 Å². The zero-order valence-electron chi connectivity index (χ0n) is 11.1. The van der Waals surface area contributed by atoms with Crippen molar-refractivity contribution in [2.75, 3.05) is 10.5 Å². The Bertz CT molecular complexity index is 842. The van der Waals surface area contributed by atoms with Gasteiger partial charge in [-0.15, -0.1) is 0 Å². The summed E-state index contributed by atoms with van der Waals surface area (Å²) in [6, 6.07) is 10.9. The van der Waals surface area contributed by atoms with Crippen LogP contribution in [0.3, 0.4) is 0 Å². The normalized spacial score (nSPS) is 10.9. The predicted molar refractivity (Wildman–Crippen MR) is 82.6 cm³/mol. The van der Waals surface area contributed by atoms with Gasteiger partial charge >= 0.3 is 0 Å². The molecule has 0 heterocycles. The number of nitrogens with one attached hydrogen (secondary N) is 1. The van der Waals surface area contributed by atoms with Crippen LogP contribution in [-0.4, -0.2) is 8.42 Å². The molecule has 0 saturated carbocycles. The highest BCUT2D eigenvalue weighted by molar-refractivity contribution is 7.92. The largest absolute Gasteiger partial charge is 0.398 e. The molecule has 2 aromatic carbocycles. The van der Waals surface area contributed by atoms with Gasteiger partial charge in [0, 0.05) is 5.02 Å². The van der Waals surface area contributed by atoms with Gasteiger partial charge in [0.2, 0.25) is 0 Å². The van der Waals surface area contributed by atoms with Crippen molar-refractivity contribution in [3.8, 4) is 6.07 Å². The van der Waals surface area contributed by atoms with E-state index in [0.717, 1.165) is 0 Å². The van der Waals surface area contributed by atoms with E-state index in [1.165, 1.54) is 24.3 Å². The fourth-order valence-electron chi connectivity index (χ4n) is 1.74. The van der Waals surface area contributed by atoms with Crippen LogP contribution in [0.4, 0.5) is 11.4 Å². The van der Waals surface area contributed by atoms with E-state index in [9.17, 15) is 8.42 Å². The topological polar surface area (TPSA) is 96.0 Å². The third kappa shape index (κ3) is 3.27. The average molecular weight is 322 g/mol. The first-order chi connectivity index (χ1) is 9.83. The first kappa shape index (κ1) is 15.2. The van der Waals surface area contributed by atoms with Crippen LogP contribution >= 0.6 is 11.6 Å². The van der Waals surface area contributed by atoms with E-state index in [1.54, 1.807) is 19.1 Å². The Hall–Kier alpha value is -2.23. The molecule has 3 N–H and O–H groups in total. The lowest BCUT2D eigenvalue weighted by molar-refractivity contribution is 0.601. The molecule has 0 spiro atoms. The molecule has 5 nitrogen and oxygen atoms in total. The van der Waals surface area contributed by atoms with Crippen molar-refractivity contribution >= 4 is 33.0 Å². The summed E-state index contributed by atoms with van der Waals surface area (Å²) < 4.78 is 27.2. The monoisotopic (exact) mass is 321 g/mol. The lowest BCUT2D eigenvalue weighted by atomic mass is 10.1. The van der Waals surface area contributed by atoms with E-state index in [0.29, 0.717) is 16.8 Å². The van der Waals surface area contributed by atoms with E-state index in [1.807, 2.05) is 6.07 Å². The summed E-state index contributed by atoms with van der Waals surface area (Å²) in [7, 11) is -3.88. The van der Waals surface area contributed by atoms with Crippen LogP contribution < -0.4 is 10.5 Å². The highest BCUT2D eigenvalue weighted by atomic mass is 35.5. The summed E-state index contributed by atoms with van der Waals surface area (Å²) in [5.74, 6) is 0. The molecule has 0 fully saturated rings. The molecule has 0 radical (unpaired) electrons. The van der Waals surface area contributed by atoms with Crippen molar-refractivity contribution in [3.05, 3.63) is 52.5 Å². The minimum Gasteiger partial charge on any atom is -0.398 e. The number of nitrogens with two attached hydrogens (primary N) is 1. The van der Waals surface area contributed by atoms with Crippen LogP contribution in [0.5, 0.6) is 0 Å². The Morgan fingerprint density at radius 2 is 1.95 bits per heavy atom. The summed E-state index contributed by atoms with van der Waals surface area (Å²) in [5, 5.41) is 9.15. The quantitative estimate of drug-likeness (QED) is 0.849. The van der Waals surface area contributed by atoms with Gasteiger partial charge in [-0.05, 0) is 42.8 Å². The second-order valence-electron chi connectivity index (χ2n) is 4.43. The zero-order chi connectivity index (χ0) is 15.6. The standard InChI is InChI=1S/C14H12ClN3O2S/c1-9-2-3-10(8-16)6-13(9)18-21(19,20)14-7-11(15)4-5-12(14)17/h2-7,18H,17H2,1H3. The number of sulfonamides is 1. The molecule has 21 heavy (non-hydrogen) atoms. The molecule has 0 aliphatic rings. The van der Waals surface area contributed by atoms with Crippen molar-refractivity contribution in [2.24, 2.45) is 0 Å². The first-order valence-corrected chi connectivity index (χ1v) is 7.78. The molecule has 0 bridgehead atoms. The van der Waals surface area contributed by atoms with Crippen LogP contribution in [0.2, 0.25) is 5.02 Å². The molecule has 0 atom stereocenters. The second kappa shape index (κ2) is 5.64. The Morgan fingerprint density at radius 1 is 1.24 bits per heavy atom. The van der Waals surface area contributed by atoms with Crippen molar-refractivity contribution in [1.82, 2.24) is 0 Å².